The molecular formula is C29H37N3O4. The number of benzene rings is 2. The first-order chi connectivity index (χ1) is 17.4. The quantitative estimate of drug-likeness (QED) is 0.610. The van der Waals surface area contributed by atoms with Crippen molar-refractivity contribution in [2.45, 2.75) is 52.1 Å². The minimum atomic E-state index is -0.312. The normalized spacial score (nSPS) is 19.7. The average Bonchev–Trinajstić information content (AvgIpc) is 3.40. The highest BCUT2D eigenvalue weighted by molar-refractivity contribution is 5.95. The van der Waals surface area contributed by atoms with Crippen molar-refractivity contribution in [1.82, 2.24) is 9.80 Å². The van der Waals surface area contributed by atoms with Gasteiger partial charge in [-0.05, 0) is 62.3 Å². The number of amides is 3. The number of hydrogen-bond acceptors (Lipinski definition) is 4. The lowest BCUT2D eigenvalue weighted by Gasteiger charge is -2.35. The Morgan fingerprint density at radius 3 is 2.58 bits per heavy atom. The maximum atomic E-state index is 13.7. The number of aryl methyl sites for hydroxylation is 1. The topological polar surface area (TPSA) is 79.0 Å². The number of rotatable bonds is 8. The van der Waals surface area contributed by atoms with Gasteiger partial charge < -0.3 is 19.9 Å². The first-order valence-electron chi connectivity index (χ1n) is 13.0. The van der Waals surface area contributed by atoms with E-state index in [9.17, 15) is 14.4 Å². The van der Waals surface area contributed by atoms with Gasteiger partial charge in [0.25, 0.3) is 0 Å². The fourth-order valence-corrected chi connectivity index (χ4v) is 5.06. The summed E-state index contributed by atoms with van der Waals surface area (Å²) in [7, 11) is 0. The second kappa shape index (κ2) is 12.2. The number of carbonyl (C=O) groups is 3. The second-order valence-electron chi connectivity index (χ2n) is 9.99. The second-order valence-corrected chi connectivity index (χ2v) is 9.99. The number of piperidine rings is 1. The lowest BCUT2D eigenvalue weighted by atomic mass is 9.95. The van der Waals surface area contributed by atoms with E-state index in [2.05, 4.69) is 5.32 Å². The summed E-state index contributed by atoms with van der Waals surface area (Å²) in [5.41, 5.74) is 3.85. The molecule has 2 aromatic carbocycles. The van der Waals surface area contributed by atoms with Crippen LogP contribution in [0.3, 0.4) is 0 Å². The number of nitrogens with zero attached hydrogens (tertiary/aromatic N) is 2. The minimum absolute atomic E-state index is 0.0272. The third kappa shape index (κ3) is 6.72. The predicted octanol–water partition coefficient (Wildman–Crippen LogP) is 3.73. The first-order valence-corrected chi connectivity index (χ1v) is 13.0. The summed E-state index contributed by atoms with van der Waals surface area (Å²) < 4.78 is 5.79. The molecule has 36 heavy (non-hydrogen) atoms. The molecule has 2 atom stereocenters. The zero-order valence-corrected chi connectivity index (χ0v) is 21.4. The van der Waals surface area contributed by atoms with E-state index in [0.717, 1.165) is 41.6 Å². The van der Waals surface area contributed by atoms with Crippen LogP contribution in [0.15, 0.2) is 48.5 Å². The molecule has 7 heteroatoms. The largest absolute Gasteiger partial charge is 0.376 e. The lowest BCUT2D eigenvalue weighted by molar-refractivity contribution is -0.143. The smallest absolute Gasteiger partial charge is 0.244 e. The third-order valence-electron chi connectivity index (χ3n) is 7.29. The van der Waals surface area contributed by atoms with Crippen LogP contribution in [0.4, 0.5) is 5.69 Å². The summed E-state index contributed by atoms with van der Waals surface area (Å²) >= 11 is 0. The Balaban J connectivity index is 1.42. The molecule has 3 amide bonds. The van der Waals surface area contributed by atoms with E-state index in [1.54, 1.807) is 9.80 Å². The van der Waals surface area contributed by atoms with Crippen molar-refractivity contribution in [2.24, 2.45) is 5.92 Å². The monoisotopic (exact) mass is 491 g/mol. The van der Waals surface area contributed by atoms with Crippen LogP contribution in [-0.2, 0) is 25.5 Å². The van der Waals surface area contributed by atoms with Gasteiger partial charge in [-0.2, -0.15) is 0 Å². The van der Waals surface area contributed by atoms with E-state index in [-0.39, 0.29) is 36.3 Å². The zero-order chi connectivity index (χ0) is 25.5. The molecule has 0 spiro atoms. The molecular weight excluding hydrogens is 454 g/mol. The van der Waals surface area contributed by atoms with Gasteiger partial charge in [0.1, 0.15) is 0 Å². The summed E-state index contributed by atoms with van der Waals surface area (Å²) in [5, 5.41) is 2.98. The lowest BCUT2D eigenvalue weighted by Crippen LogP contribution is -2.50. The van der Waals surface area contributed by atoms with Gasteiger partial charge in [0.05, 0.1) is 25.0 Å². The maximum absolute atomic E-state index is 13.7. The molecule has 0 bridgehead atoms. The summed E-state index contributed by atoms with van der Waals surface area (Å²) in [6, 6.07) is 15.5. The Hall–Kier alpha value is -3.19. The highest BCUT2D eigenvalue weighted by atomic mass is 16.5. The molecule has 2 saturated heterocycles. The zero-order valence-electron chi connectivity index (χ0n) is 21.4. The van der Waals surface area contributed by atoms with Crippen molar-refractivity contribution in [2.75, 3.05) is 38.1 Å². The van der Waals surface area contributed by atoms with Crippen molar-refractivity contribution in [3.63, 3.8) is 0 Å². The first kappa shape index (κ1) is 25.9. The van der Waals surface area contributed by atoms with E-state index < -0.39 is 0 Å². The van der Waals surface area contributed by atoms with E-state index in [1.807, 2.05) is 62.4 Å². The molecule has 2 aliphatic rings. The summed E-state index contributed by atoms with van der Waals surface area (Å²) in [5.74, 6) is -0.563. The van der Waals surface area contributed by atoms with Crippen LogP contribution < -0.4 is 5.32 Å². The van der Waals surface area contributed by atoms with Gasteiger partial charge in [0.2, 0.25) is 17.7 Å². The SMILES string of the molecule is Cc1cccc(NC(=O)CN(CC2CCCO2)C(=O)C2CCCN(C(=O)Cc3ccccc3)C2)c1C. The van der Waals surface area contributed by atoms with Crippen LogP contribution in [0.1, 0.15) is 42.4 Å². The third-order valence-corrected chi connectivity index (χ3v) is 7.29. The van der Waals surface area contributed by atoms with Crippen molar-refractivity contribution in [3.05, 3.63) is 65.2 Å². The Morgan fingerprint density at radius 1 is 1.03 bits per heavy atom. The number of nitrogens with one attached hydrogen (secondary N) is 1. The molecule has 192 valence electrons. The van der Waals surface area contributed by atoms with Crippen LogP contribution in [0.5, 0.6) is 0 Å². The van der Waals surface area contributed by atoms with Crippen LogP contribution in [0.25, 0.3) is 0 Å². The van der Waals surface area contributed by atoms with Crippen LogP contribution >= 0.6 is 0 Å². The van der Waals surface area contributed by atoms with Crippen molar-refractivity contribution in [3.8, 4) is 0 Å². The summed E-state index contributed by atoms with van der Waals surface area (Å²) in [4.78, 5) is 43.1. The highest BCUT2D eigenvalue weighted by Gasteiger charge is 2.33. The Morgan fingerprint density at radius 2 is 1.83 bits per heavy atom. The number of carbonyl (C=O) groups excluding carboxylic acids is 3. The van der Waals surface area contributed by atoms with Crippen LogP contribution in [-0.4, -0.2) is 66.4 Å². The molecule has 2 aromatic rings. The van der Waals surface area contributed by atoms with Gasteiger partial charge in [-0.25, -0.2) is 0 Å². The van der Waals surface area contributed by atoms with Crippen molar-refractivity contribution < 1.29 is 19.1 Å². The summed E-state index contributed by atoms with van der Waals surface area (Å²) in [6.45, 7) is 6.09. The van der Waals surface area contributed by atoms with Gasteiger partial charge in [-0.1, -0.05) is 42.5 Å². The Bertz CT molecular complexity index is 1070. The molecule has 0 radical (unpaired) electrons. The number of anilines is 1. The molecule has 2 aliphatic heterocycles. The molecule has 4 rings (SSSR count). The minimum Gasteiger partial charge on any atom is -0.376 e. The fourth-order valence-electron chi connectivity index (χ4n) is 5.06. The average molecular weight is 492 g/mol. The van der Waals surface area contributed by atoms with Crippen molar-refractivity contribution >= 4 is 23.4 Å². The van der Waals surface area contributed by atoms with Gasteiger partial charge in [-0.3, -0.25) is 14.4 Å². The summed E-state index contributed by atoms with van der Waals surface area (Å²) in [6.07, 6.45) is 3.62. The number of ether oxygens (including phenoxy) is 1. The number of likely N-dealkylation sites (tertiary alicyclic amines) is 1. The molecule has 7 nitrogen and oxygen atoms in total. The van der Waals surface area contributed by atoms with Gasteiger partial charge >= 0.3 is 0 Å². The molecule has 0 aromatic heterocycles. The Labute approximate surface area is 213 Å². The standard InChI is InChI=1S/C29H37N3O4/c1-21-9-6-14-26(22(21)2)30-27(33)20-32(19-25-13-8-16-36-25)29(35)24-12-7-15-31(18-24)28(34)17-23-10-4-3-5-11-23/h3-6,9-11,14,24-25H,7-8,12-13,15-20H2,1-2H3,(H,30,33). The molecule has 2 heterocycles. The highest BCUT2D eigenvalue weighted by Crippen LogP contribution is 2.23. The van der Waals surface area contributed by atoms with Crippen LogP contribution in [0, 0.1) is 19.8 Å². The Kier molecular flexibility index (Phi) is 8.75. The molecule has 2 fully saturated rings. The maximum Gasteiger partial charge on any atom is 0.244 e. The molecule has 0 aliphatic carbocycles. The van der Waals surface area contributed by atoms with Gasteiger partial charge in [-0.15, -0.1) is 0 Å². The van der Waals surface area contributed by atoms with E-state index in [1.165, 1.54) is 0 Å². The molecule has 2 unspecified atom stereocenters. The van der Waals surface area contributed by atoms with Crippen LogP contribution in [0.2, 0.25) is 0 Å². The molecule has 0 saturated carbocycles. The molecule has 1 N–H and O–H groups in total. The van der Waals surface area contributed by atoms with E-state index in [4.69, 9.17) is 4.74 Å². The van der Waals surface area contributed by atoms with Gasteiger partial charge in [0, 0.05) is 31.9 Å². The van der Waals surface area contributed by atoms with E-state index in [0.29, 0.717) is 39.1 Å². The van der Waals surface area contributed by atoms with Crippen molar-refractivity contribution in [1.29, 1.82) is 0 Å². The van der Waals surface area contributed by atoms with Gasteiger partial charge in [0.15, 0.2) is 0 Å². The predicted molar refractivity (Wildman–Crippen MR) is 140 cm³/mol. The number of hydrogen-bond donors (Lipinski definition) is 1. The van der Waals surface area contributed by atoms with E-state index >= 15 is 0 Å². The fraction of sp³-hybridized carbons (Fsp3) is 0.483.